The Morgan fingerprint density at radius 3 is 2.33 bits per heavy atom. The van der Waals surface area contributed by atoms with Crippen molar-refractivity contribution in [2.75, 3.05) is 6.61 Å². The van der Waals surface area contributed by atoms with Crippen LogP contribution in [0.25, 0.3) is 0 Å². The van der Waals surface area contributed by atoms with Crippen LogP contribution in [-0.2, 0) is 9.53 Å². The van der Waals surface area contributed by atoms with Gasteiger partial charge < -0.3 is 4.74 Å². The van der Waals surface area contributed by atoms with E-state index in [-0.39, 0.29) is 5.97 Å². The molecule has 0 N–H and O–H groups in total. The zero-order valence-electron chi connectivity index (χ0n) is 10.8. The maximum absolute atomic E-state index is 11.3. The predicted octanol–water partition coefficient (Wildman–Crippen LogP) is 3.84. The van der Waals surface area contributed by atoms with Gasteiger partial charge in [0.2, 0.25) is 0 Å². The van der Waals surface area contributed by atoms with Crippen molar-refractivity contribution in [3.8, 4) is 0 Å². The van der Waals surface area contributed by atoms with Gasteiger partial charge in [-0.2, -0.15) is 0 Å². The highest BCUT2D eigenvalue weighted by atomic mass is 28.3. The predicted molar refractivity (Wildman–Crippen MR) is 67.9 cm³/mol. The van der Waals surface area contributed by atoms with E-state index in [1.54, 1.807) is 0 Å². The molecule has 0 amide bonds. The van der Waals surface area contributed by atoms with E-state index < -0.39 is 8.07 Å². The molecule has 0 spiro atoms. The lowest BCUT2D eigenvalue weighted by Crippen LogP contribution is -2.21. The molecule has 0 aromatic heterocycles. The van der Waals surface area contributed by atoms with Crippen molar-refractivity contribution in [3.05, 3.63) is 0 Å². The number of unbranched alkanes of at least 4 members (excludes halogenated alkanes) is 3. The van der Waals surface area contributed by atoms with Crippen LogP contribution in [0.3, 0.4) is 0 Å². The van der Waals surface area contributed by atoms with Gasteiger partial charge >= 0.3 is 5.97 Å². The number of hydrogen-bond donors (Lipinski definition) is 0. The number of carbonyl (C=O) groups excluding carboxylic acids is 1. The molecule has 0 aliphatic heterocycles. The van der Waals surface area contributed by atoms with Crippen molar-refractivity contribution < 1.29 is 9.53 Å². The minimum atomic E-state index is -1.08. The van der Waals surface area contributed by atoms with Crippen LogP contribution in [0.15, 0.2) is 0 Å². The van der Waals surface area contributed by atoms with Gasteiger partial charge in [-0.25, -0.2) is 0 Å². The van der Waals surface area contributed by atoms with Crippen molar-refractivity contribution in [1.29, 1.82) is 0 Å². The molecule has 0 heterocycles. The lowest BCUT2D eigenvalue weighted by Gasteiger charge is -2.14. The number of carbonyl (C=O) groups is 1. The van der Waals surface area contributed by atoms with Crippen LogP contribution >= 0.6 is 0 Å². The quantitative estimate of drug-likeness (QED) is 0.360. The maximum atomic E-state index is 11.3. The summed E-state index contributed by atoms with van der Waals surface area (Å²) in [6.45, 7) is 9.63. The smallest absolute Gasteiger partial charge is 0.305 e. The molecule has 90 valence electrons. The van der Waals surface area contributed by atoms with Crippen molar-refractivity contribution in [2.45, 2.75) is 64.7 Å². The van der Waals surface area contributed by atoms with Crippen molar-refractivity contribution >= 4 is 14.0 Å². The molecule has 0 bridgehead atoms. The molecule has 0 atom stereocenters. The summed E-state index contributed by atoms with van der Waals surface area (Å²) in [5, 5.41) is 0. The molecule has 2 nitrogen and oxygen atoms in total. The molecule has 0 saturated carbocycles. The number of ether oxygens (including phenoxy) is 1. The van der Waals surface area contributed by atoms with E-state index in [1.807, 2.05) is 0 Å². The van der Waals surface area contributed by atoms with Crippen LogP contribution in [0.5, 0.6) is 0 Å². The van der Waals surface area contributed by atoms with Gasteiger partial charge in [0.15, 0.2) is 0 Å². The van der Waals surface area contributed by atoms with Gasteiger partial charge in [0.25, 0.3) is 0 Å². The molecule has 0 fully saturated rings. The van der Waals surface area contributed by atoms with Crippen molar-refractivity contribution in [2.24, 2.45) is 0 Å². The molecule has 0 saturated heterocycles. The first kappa shape index (κ1) is 14.7. The van der Waals surface area contributed by atoms with Crippen LogP contribution < -0.4 is 0 Å². The first-order chi connectivity index (χ1) is 6.95. The molecule has 0 rings (SSSR count). The fourth-order valence-electron chi connectivity index (χ4n) is 1.26. The van der Waals surface area contributed by atoms with Crippen LogP contribution in [0, 0.1) is 0 Å². The van der Waals surface area contributed by atoms with Crippen molar-refractivity contribution in [3.63, 3.8) is 0 Å². The third kappa shape index (κ3) is 11.6. The van der Waals surface area contributed by atoms with Gasteiger partial charge in [0, 0.05) is 14.5 Å². The standard InChI is InChI=1S/C12H26O2Si/c1-5-6-7-8-10-14-12(13)9-11-15(2,3)4/h5-11H2,1-4H3. The molecule has 0 radical (unpaired) electrons. The zero-order valence-corrected chi connectivity index (χ0v) is 11.8. The van der Waals surface area contributed by atoms with Crippen molar-refractivity contribution in [1.82, 2.24) is 0 Å². The lowest BCUT2D eigenvalue weighted by molar-refractivity contribution is -0.143. The Kier molecular flexibility index (Phi) is 7.75. The van der Waals surface area contributed by atoms with E-state index in [0.717, 1.165) is 12.5 Å². The number of hydrogen-bond acceptors (Lipinski definition) is 2. The first-order valence-corrected chi connectivity index (χ1v) is 9.82. The number of rotatable bonds is 8. The fourth-order valence-corrected chi connectivity index (χ4v) is 2.22. The van der Waals surface area contributed by atoms with E-state index in [2.05, 4.69) is 26.6 Å². The Balaban J connectivity index is 3.34. The molecular formula is C12H26O2Si. The molecule has 0 aliphatic carbocycles. The summed E-state index contributed by atoms with van der Waals surface area (Å²) in [5.41, 5.74) is 0. The summed E-state index contributed by atoms with van der Waals surface area (Å²) in [6.07, 6.45) is 5.28. The highest BCUT2D eigenvalue weighted by Crippen LogP contribution is 2.11. The molecule has 0 aromatic carbocycles. The summed E-state index contributed by atoms with van der Waals surface area (Å²) in [7, 11) is -1.08. The lowest BCUT2D eigenvalue weighted by atomic mass is 10.2. The highest BCUT2D eigenvalue weighted by molar-refractivity contribution is 6.76. The first-order valence-electron chi connectivity index (χ1n) is 6.11. The maximum Gasteiger partial charge on any atom is 0.305 e. The fraction of sp³-hybridized carbons (Fsp3) is 0.917. The second-order valence-electron chi connectivity index (χ2n) is 5.34. The normalized spacial score (nSPS) is 11.5. The van der Waals surface area contributed by atoms with Gasteiger partial charge in [-0.15, -0.1) is 0 Å². The summed E-state index contributed by atoms with van der Waals surface area (Å²) < 4.78 is 5.17. The van der Waals surface area contributed by atoms with Crippen LogP contribution in [0.1, 0.15) is 39.0 Å². The van der Waals surface area contributed by atoms with Gasteiger partial charge in [-0.1, -0.05) is 45.8 Å². The molecule has 0 aromatic rings. The van der Waals surface area contributed by atoms with E-state index in [9.17, 15) is 4.79 Å². The topological polar surface area (TPSA) is 26.3 Å². The van der Waals surface area contributed by atoms with Gasteiger partial charge in [0.1, 0.15) is 0 Å². The third-order valence-electron chi connectivity index (χ3n) is 2.34. The monoisotopic (exact) mass is 230 g/mol. The van der Waals surface area contributed by atoms with E-state index in [4.69, 9.17) is 4.74 Å². The second-order valence-corrected chi connectivity index (χ2v) is 11.0. The Morgan fingerprint density at radius 1 is 1.13 bits per heavy atom. The highest BCUT2D eigenvalue weighted by Gasteiger charge is 2.15. The van der Waals surface area contributed by atoms with Crippen LogP contribution in [0.2, 0.25) is 25.7 Å². The van der Waals surface area contributed by atoms with Crippen LogP contribution in [-0.4, -0.2) is 20.7 Å². The minimum absolute atomic E-state index is 0.00563. The summed E-state index contributed by atoms with van der Waals surface area (Å²) in [6, 6.07) is 1.04. The van der Waals surface area contributed by atoms with E-state index >= 15 is 0 Å². The Hall–Kier alpha value is -0.313. The largest absolute Gasteiger partial charge is 0.466 e. The van der Waals surface area contributed by atoms with Gasteiger partial charge in [-0.3, -0.25) is 4.79 Å². The molecule has 15 heavy (non-hydrogen) atoms. The average molecular weight is 230 g/mol. The summed E-state index contributed by atoms with van der Waals surface area (Å²) in [4.78, 5) is 11.3. The van der Waals surface area contributed by atoms with E-state index in [1.165, 1.54) is 19.3 Å². The zero-order chi connectivity index (χ0) is 11.7. The molecule has 3 heteroatoms. The third-order valence-corrected chi connectivity index (χ3v) is 4.09. The summed E-state index contributed by atoms with van der Waals surface area (Å²) in [5.74, 6) is -0.00563. The molecule has 0 unspecified atom stereocenters. The Morgan fingerprint density at radius 2 is 1.80 bits per heavy atom. The van der Waals surface area contributed by atoms with Crippen LogP contribution in [0.4, 0.5) is 0 Å². The molecule has 0 aliphatic rings. The minimum Gasteiger partial charge on any atom is -0.466 e. The van der Waals surface area contributed by atoms with Gasteiger partial charge in [-0.05, 0) is 12.5 Å². The van der Waals surface area contributed by atoms with Gasteiger partial charge in [0.05, 0.1) is 6.61 Å². The second kappa shape index (κ2) is 7.91. The SMILES string of the molecule is CCCCCCOC(=O)CC[Si](C)(C)C. The Bertz CT molecular complexity index is 173. The summed E-state index contributed by atoms with van der Waals surface area (Å²) >= 11 is 0. The van der Waals surface area contributed by atoms with E-state index in [0.29, 0.717) is 13.0 Å². The average Bonchev–Trinajstić information content (AvgIpc) is 2.13. The number of esters is 1. The Labute approximate surface area is 95.4 Å². The molecular weight excluding hydrogens is 204 g/mol.